The van der Waals surface area contributed by atoms with Crippen molar-refractivity contribution in [2.75, 3.05) is 11.9 Å². The van der Waals surface area contributed by atoms with Crippen molar-refractivity contribution in [3.05, 3.63) is 15.8 Å². The Kier molecular flexibility index (Phi) is 3.25. The summed E-state index contributed by atoms with van der Waals surface area (Å²) in [5.41, 5.74) is 0.0378. The van der Waals surface area contributed by atoms with E-state index in [-0.39, 0.29) is 17.8 Å². The fourth-order valence-corrected chi connectivity index (χ4v) is 2.01. The van der Waals surface area contributed by atoms with E-state index in [9.17, 15) is 15.2 Å². The molecule has 0 bridgehead atoms. The van der Waals surface area contributed by atoms with E-state index in [0.29, 0.717) is 18.1 Å². The number of aromatic nitrogens is 2. The molecule has 0 aromatic carbocycles. The molecule has 0 unspecified atom stereocenters. The number of aryl methyl sites for hydroxylation is 2. The van der Waals surface area contributed by atoms with Crippen LogP contribution in [-0.4, -0.2) is 32.0 Å². The zero-order valence-electron chi connectivity index (χ0n) is 10.6. The highest BCUT2D eigenvalue weighted by Crippen LogP contribution is 2.41. The normalized spacial score (nSPS) is 16.6. The van der Waals surface area contributed by atoms with Gasteiger partial charge >= 0.3 is 5.69 Å². The van der Waals surface area contributed by atoms with Crippen LogP contribution in [0.2, 0.25) is 0 Å². The van der Waals surface area contributed by atoms with Gasteiger partial charge in [-0.3, -0.25) is 10.1 Å². The quantitative estimate of drug-likeness (QED) is 0.592. The minimum Gasteiger partial charge on any atom is -0.394 e. The number of hydrogen-bond acceptors (Lipinski definition) is 5. The predicted molar refractivity (Wildman–Crippen MR) is 66.6 cm³/mol. The van der Waals surface area contributed by atoms with E-state index < -0.39 is 4.92 Å². The predicted octanol–water partition coefficient (Wildman–Crippen LogP) is 1.45. The van der Waals surface area contributed by atoms with E-state index in [1.165, 1.54) is 0 Å². The van der Waals surface area contributed by atoms with Crippen LogP contribution in [0.1, 0.15) is 31.9 Å². The molecule has 1 heterocycles. The standard InChI is InChI=1S/C11H18N4O3/c1-3-6-14-10(12-11(7-16)4-5-11)9(15(17)18)8(2)13-14/h12,16H,3-7H2,1-2H3. The molecule has 7 heteroatoms. The van der Waals surface area contributed by atoms with Gasteiger partial charge in [0.15, 0.2) is 0 Å². The Morgan fingerprint density at radius 2 is 2.28 bits per heavy atom. The molecule has 7 nitrogen and oxygen atoms in total. The Balaban J connectivity index is 2.37. The highest BCUT2D eigenvalue weighted by molar-refractivity contribution is 5.61. The van der Waals surface area contributed by atoms with Gasteiger partial charge in [0, 0.05) is 6.54 Å². The SMILES string of the molecule is CCCn1nc(C)c([N+](=O)[O-])c1NC1(CO)CC1. The molecule has 2 rings (SSSR count). The average Bonchev–Trinajstić information content (AvgIpc) is 3.01. The first-order chi connectivity index (χ1) is 8.53. The van der Waals surface area contributed by atoms with Crippen molar-refractivity contribution in [1.29, 1.82) is 0 Å². The molecule has 0 aliphatic heterocycles. The zero-order chi connectivity index (χ0) is 13.3. The zero-order valence-corrected chi connectivity index (χ0v) is 10.6. The largest absolute Gasteiger partial charge is 0.394 e. The monoisotopic (exact) mass is 254 g/mol. The summed E-state index contributed by atoms with van der Waals surface area (Å²) in [5, 5.41) is 27.7. The minimum absolute atomic E-state index is 0.0134. The first kappa shape index (κ1) is 12.8. The van der Waals surface area contributed by atoms with E-state index in [2.05, 4.69) is 10.4 Å². The molecular weight excluding hydrogens is 236 g/mol. The maximum absolute atomic E-state index is 11.1. The molecule has 0 spiro atoms. The maximum atomic E-state index is 11.1. The van der Waals surface area contributed by atoms with Crippen LogP contribution in [-0.2, 0) is 6.54 Å². The van der Waals surface area contributed by atoms with E-state index in [1.807, 2.05) is 6.92 Å². The molecule has 0 atom stereocenters. The first-order valence-corrected chi connectivity index (χ1v) is 6.14. The molecular formula is C11H18N4O3. The van der Waals surface area contributed by atoms with Gasteiger partial charge in [-0.15, -0.1) is 0 Å². The minimum atomic E-state index is -0.412. The molecule has 1 aliphatic carbocycles. The van der Waals surface area contributed by atoms with Gasteiger partial charge in [0.05, 0.1) is 17.1 Å². The van der Waals surface area contributed by atoms with Gasteiger partial charge in [0.1, 0.15) is 5.69 Å². The van der Waals surface area contributed by atoms with Crippen LogP contribution in [0.4, 0.5) is 11.5 Å². The van der Waals surface area contributed by atoms with Crippen molar-refractivity contribution in [2.45, 2.75) is 45.2 Å². The summed E-state index contributed by atoms with van der Waals surface area (Å²) >= 11 is 0. The Hall–Kier alpha value is -1.63. The van der Waals surface area contributed by atoms with Gasteiger partial charge in [-0.2, -0.15) is 5.10 Å². The molecule has 1 fully saturated rings. The van der Waals surface area contributed by atoms with Crippen LogP contribution in [0.3, 0.4) is 0 Å². The fraction of sp³-hybridized carbons (Fsp3) is 0.727. The Labute approximate surface area is 105 Å². The lowest BCUT2D eigenvalue weighted by molar-refractivity contribution is -0.384. The molecule has 1 aromatic heterocycles. The van der Waals surface area contributed by atoms with Crippen LogP contribution < -0.4 is 5.32 Å². The van der Waals surface area contributed by atoms with Crippen molar-refractivity contribution < 1.29 is 10.0 Å². The Morgan fingerprint density at radius 3 is 2.72 bits per heavy atom. The van der Waals surface area contributed by atoms with Gasteiger partial charge in [-0.1, -0.05) is 6.92 Å². The maximum Gasteiger partial charge on any atom is 0.333 e. The second-order valence-electron chi connectivity index (χ2n) is 4.83. The van der Waals surface area contributed by atoms with E-state index in [0.717, 1.165) is 19.3 Å². The molecule has 2 N–H and O–H groups in total. The van der Waals surface area contributed by atoms with Crippen LogP contribution in [0.15, 0.2) is 0 Å². The smallest absolute Gasteiger partial charge is 0.333 e. The molecule has 1 aromatic rings. The highest BCUT2D eigenvalue weighted by atomic mass is 16.6. The summed E-state index contributed by atoms with van der Waals surface area (Å²) in [6.45, 7) is 4.23. The summed E-state index contributed by atoms with van der Waals surface area (Å²) in [6.07, 6.45) is 2.51. The molecule has 100 valence electrons. The topological polar surface area (TPSA) is 93.2 Å². The average molecular weight is 254 g/mol. The van der Waals surface area contributed by atoms with E-state index in [4.69, 9.17) is 0 Å². The van der Waals surface area contributed by atoms with E-state index >= 15 is 0 Å². The number of nitro groups is 1. The Bertz CT molecular complexity index is 465. The summed E-state index contributed by atoms with van der Waals surface area (Å²) < 4.78 is 1.63. The summed E-state index contributed by atoms with van der Waals surface area (Å²) in [7, 11) is 0. The van der Waals surface area contributed by atoms with Crippen LogP contribution >= 0.6 is 0 Å². The van der Waals surface area contributed by atoms with Crippen LogP contribution in [0.5, 0.6) is 0 Å². The number of anilines is 1. The second kappa shape index (κ2) is 4.56. The summed E-state index contributed by atoms with van der Waals surface area (Å²) in [5.74, 6) is 0.422. The van der Waals surface area contributed by atoms with Crippen LogP contribution in [0.25, 0.3) is 0 Å². The second-order valence-corrected chi connectivity index (χ2v) is 4.83. The van der Waals surface area contributed by atoms with Gasteiger partial charge in [-0.05, 0) is 26.2 Å². The number of aliphatic hydroxyl groups excluding tert-OH is 1. The number of nitrogens with one attached hydrogen (secondary N) is 1. The number of rotatable bonds is 6. The van der Waals surface area contributed by atoms with Gasteiger partial charge in [-0.25, -0.2) is 4.68 Å². The molecule has 0 amide bonds. The highest BCUT2D eigenvalue weighted by Gasteiger charge is 2.44. The summed E-state index contributed by atoms with van der Waals surface area (Å²) in [4.78, 5) is 10.7. The molecule has 0 radical (unpaired) electrons. The lowest BCUT2D eigenvalue weighted by Gasteiger charge is -2.16. The van der Waals surface area contributed by atoms with E-state index in [1.54, 1.807) is 11.6 Å². The number of hydrogen-bond donors (Lipinski definition) is 2. The lowest BCUT2D eigenvalue weighted by atomic mass is 10.2. The fourth-order valence-electron chi connectivity index (χ4n) is 2.01. The van der Waals surface area contributed by atoms with Gasteiger partial charge in [0.25, 0.3) is 0 Å². The molecule has 1 aliphatic rings. The third-order valence-electron chi connectivity index (χ3n) is 3.25. The van der Waals surface area contributed by atoms with Crippen molar-refractivity contribution >= 4 is 11.5 Å². The summed E-state index contributed by atoms with van der Waals surface area (Å²) in [6, 6.07) is 0. The van der Waals surface area contributed by atoms with Crippen LogP contribution in [0, 0.1) is 17.0 Å². The van der Waals surface area contributed by atoms with Gasteiger partial charge < -0.3 is 10.4 Å². The van der Waals surface area contributed by atoms with Crippen molar-refractivity contribution in [3.63, 3.8) is 0 Å². The number of nitrogens with zero attached hydrogens (tertiary/aromatic N) is 3. The third kappa shape index (κ3) is 2.17. The first-order valence-electron chi connectivity index (χ1n) is 6.14. The van der Waals surface area contributed by atoms with Crippen molar-refractivity contribution in [1.82, 2.24) is 9.78 Å². The Morgan fingerprint density at radius 1 is 1.61 bits per heavy atom. The third-order valence-corrected chi connectivity index (χ3v) is 3.25. The lowest BCUT2D eigenvalue weighted by Crippen LogP contribution is -2.27. The van der Waals surface area contributed by atoms with Gasteiger partial charge in [0.2, 0.25) is 5.82 Å². The molecule has 1 saturated carbocycles. The van der Waals surface area contributed by atoms with Crippen molar-refractivity contribution in [2.24, 2.45) is 0 Å². The van der Waals surface area contributed by atoms with Crippen molar-refractivity contribution in [3.8, 4) is 0 Å². The number of aliphatic hydroxyl groups is 1. The molecule has 0 saturated heterocycles. The molecule has 18 heavy (non-hydrogen) atoms.